The number of carbonyl (C=O) groups excluding carboxylic acids is 2. The van der Waals surface area contributed by atoms with Crippen molar-refractivity contribution in [2.75, 3.05) is 32.8 Å². The standard InChI is InChI=1S/C37H69N3O4/c1-5-7-19-34(3)21-23-36(41)43-31-16-12-9-10-14-26-39(28-18-29-40-30-25-38-33-40)27-15-11-13-17-32-44-37(42)24-22-35(4)20-8-6-2/h25,30,33-35H,5-24,26-29,31-32H2,1-4H3. The van der Waals surface area contributed by atoms with E-state index in [-0.39, 0.29) is 11.9 Å². The second kappa shape index (κ2) is 28.6. The van der Waals surface area contributed by atoms with E-state index in [1.54, 1.807) is 0 Å². The highest BCUT2D eigenvalue weighted by molar-refractivity contribution is 5.69. The normalized spacial score (nSPS) is 12.8. The first-order valence-corrected chi connectivity index (χ1v) is 18.4. The van der Waals surface area contributed by atoms with Crippen molar-refractivity contribution in [1.82, 2.24) is 14.5 Å². The van der Waals surface area contributed by atoms with Crippen LogP contribution in [0.1, 0.15) is 156 Å². The lowest BCUT2D eigenvalue weighted by Gasteiger charge is -2.22. The summed E-state index contributed by atoms with van der Waals surface area (Å²) < 4.78 is 13.1. The molecule has 1 heterocycles. The van der Waals surface area contributed by atoms with Crippen LogP contribution in [0.3, 0.4) is 0 Å². The Hall–Kier alpha value is -1.89. The topological polar surface area (TPSA) is 73.7 Å². The molecule has 44 heavy (non-hydrogen) atoms. The lowest BCUT2D eigenvalue weighted by atomic mass is 9.99. The van der Waals surface area contributed by atoms with Crippen LogP contribution in [-0.4, -0.2) is 59.2 Å². The molecule has 0 N–H and O–H groups in total. The Labute approximate surface area is 271 Å². The first-order chi connectivity index (χ1) is 21.4. The number of imidazole rings is 1. The van der Waals surface area contributed by atoms with Gasteiger partial charge in [0.15, 0.2) is 0 Å². The van der Waals surface area contributed by atoms with E-state index in [9.17, 15) is 9.59 Å². The van der Waals surface area contributed by atoms with Crippen LogP contribution in [0.2, 0.25) is 0 Å². The Morgan fingerprint density at radius 3 is 1.61 bits per heavy atom. The summed E-state index contributed by atoms with van der Waals surface area (Å²) in [6.45, 7) is 14.4. The summed E-state index contributed by atoms with van der Waals surface area (Å²) in [4.78, 5) is 30.8. The molecule has 1 rings (SSSR count). The average molecular weight is 620 g/mol. The van der Waals surface area contributed by atoms with Crippen molar-refractivity contribution in [3.05, 3.63) is 18.7 Å². The molecule has 7 nitrogen and oxygen atoms in total. The van der Waals surface area contributed by atoms with Crippen molar-refractivity contribution in [3.63, 3.8) is 0 Å². The van der Waals surface area contributed by atoms with Crippen LogP contribution in [0.25, 0.3) is 0 Å². The van der Waals surface area contributed by atoms with Crippen molar-refractivity contribution >= 4 is 11.9 Å². The Morgan fingerprint density at radius 2 is 1.14 bits per heavy atom. The summed E-state index contributed by atoms with van der Waals surface area (Å²) in [6, 6.07) is 0. The molecule has 0 saturated carbocycles. The molecule has 256 valence electrons. The van der Waals surface area contributed by atoms with Gasteiger partial charge in [-0.3, -0.25) is 9.59 Å². The summed E-state index contributed by atoms with van der Waals surface area (Å²) >= 11 is 0. The summed E-state index contributed by atoms with van der Waals surface area (Å²) in [5.74, 6) is 1.17. The number of nitrogens with zero attached hydrogens (tertiary/aromatic N) is 3. The van der Waals surface area contributed by atoms with Crippen molar-refractivity contribution in [2.24, 2.45) is 11.8 Å². The SMILES string of the molecule is CCCCC(C)CCC(=O)OCCCCCCCN(CCCCCCOC(=O)CCC(C)CCCC)CCCn1ccnc1. The minimum Gasteiger partial charge on any atom is -0.466 e. The second-order valence-corrected chi connectivity index (χ2v) is 13.2. The number of unbranched alkanes of at least 4 members (excludes halogenated alkanes) is 9. The number of aromatic nitrogens is 2. The van der Waals surface area contributed by atoms with Crippen LogP contribution in [0.15, 0.2) is 18.7 Å². The van der Waals surface area contributed by atoms with Gasteiger partial charge in [0.1, 0.15) is 0 Å². The Morgan fingerprint density at radius 1 is 0.659 bits per heavy atom. The molecule has 7 heteroatoms. The summed E-state index contributed by atoms with van der Waals surface area (Å²) in [5.41, 5.74) is 0. The van der Waals surface area contributed by atoms with Gasteiger partial charge in [-0.2, -0.15) is 0 Å². The lowest BCUT2D eigenvalue weighted by Crippen LogP contribution is -2.28. The molecule has 0 aromatic carbocycles. The fourth-order valence-electron chi connectivity index (χ4n) is 5.63. The number of hydrogen-bond acceptors (Lipinski definition) is 6. The minimum absolute atomic E-state index is 0.0245. The zero-order valence-electron chi connectivity index (χ0n) is 29.2. The largest absolute Gasteiger partial charge is 0.466 e. The Bertz CT molecular complexity index is 786. The molecule has 0 radical (unpaired) electrons. The molecule has 0 saturated heterocycles. The van der Waals surface area contributed by atoms with E-state index in [0.29, 0.717) is 37.9 Å². The molecular formula is C37H69N3O4. The van der Waals surface area contributed by atoms with Crippen LogP contribution in [-0.2, 0) is 25.6 Å². The van der Waals surface area contributed by atoms with Crippen molar-refractivity contribution in [2.45, 2.75) is 163 Å². The van der Waals surface area contributed by atoms with Gasteiger partial charge in [-0.25, -0.2) is 4.98 Å². The maximum atomic E-state index is 12.0. The van der Waals surface area contributed by atoms with E-state index in [0.717, 1.165) is 71.1 Å². The van der Waals surface area contributed by atoms with E-state index in [4.69, 9.17) is 9.47 Å². The maximum absolute atomic E-state index is 12.0. The number of rotatable bonds is 31. The van der Waals surface area contributed by atoms with E-state index >= 15 is 0 Å². The van der Waals surface area contributed by atoms with Gasteiger partial charge in [0.2, 0.25) is 0 Å². The Kier molecular flexibility index (Phi) is 26.1. The number of ether oxygens (including phenoxy) is 2. The monoisotopic (exact) mass is 620 g/mol. The fraction of sp³-hybridized carbons (Fsp3) is 0.865. The molecule has 0 amide bonds. The van der Waals surface area contributed by atoms with Crippen LogP contribution in [0.4, 0.5) is 0 Å². The first-order valence-electron chi connectivity index (χ1n) is 18.4. The molecule has 0 spiro atoms. The molecule has 0 aliphatic heterocycles. The number of aryl methyl sites for hydroxylation is 1. The first kappa shape index (κ1) is 40.1. The van der Waals surface area contributed by atoms with Crippen LogP contribution >= 0.6 is 0 Å². The molecule has 1 aromatic rings. The third-order valence-electron chi connectivity index (χ3n) is 8.75. The summed E-state index contributed by atoms with van der Waals surface area (Å²) in [5, 5.41) is 0. The predicted molar refractivity (Wildman–Crippen MR) is 183 cm³/mol. The zero-order valence-corrected chi connectivity index (χ0v) is 29.2. The van der Waals surface area contributed by atoms with Gasteiger partial charge in [0.05, 0.1) is 19.5 Å². The number of hydrogen-bond donors (Lipinski definition) is 0. The van der Waals surface area contributed by atoms with Gasteiger partial charge < -0.3 is 18.9 Å². The van der Waals surface area contributed by atoms with Gasteiger partial charge in [-0.15, -0.1) is 0 Å². The zero-order chi connectivity index (χ0) is 32.1. The van der Waals surface area contributed by atoms with Gasteiger partial charge >= 0.3 is 11.9 Å². The van der Waals surface area contributed by atoms with Crippen molar-refractivity contribution in [1.29, 1.82) is 0 Å². The maximum Gasteiger partial charge on any atom is 0.305 e. The molecule has 0 fully saturated rings. The third kappa shape index (κ3) is 24.4. The molecule has 0 aliphatic rings. The van der Waals surface area contributed by atoms with E-state index in [2.05, 4.69) is 42.1 Å². The highest BCUT2D eigenvalue weighted by Gasteiger charge is 2.10. The second-order valence-electron chi connectivity index (χ2n) is 13.2. The van der Waals surface area contributed by atoms with Crippen molar-refractivity contribution in [3.8, 4) is 0 Å². The van der Waals surface area contributed by atoms with Crippen LogP contribution in [0, 0.1) is 11.8 Å². The van der Waals surface area contributed by atoms with E-state index in [1.165, 1.54) is 70.6 Å². The van der Waals surface area contributed by atoms with Gasteiger partial charge in [-0.1, -0.05) is 98.3 Å². The minimum atomic E-state index is -0.0266. The van der Waals surface area contributed by atoms with Gasteiger partial charge in [0.25, 0.3) is 0 Å². The summed E-state index contributed by atoms with van der Waals surface area (Å²) in [6.07, 6.45) is 27.5. The van der Waals surface area contributed by atoms with Crippen molar-refractivity contribution < 1.29 is 19.1 Å². The van der Waals surface area contributed by atoms with Gasteiger partial charge in [-0.05, 0) is 76.4 Å². The van der Waals surface area contributed by atoms with E-state index < -0.39 is 0 Å². The average Bonchev–Trinajstić information content (AvgIpc) is 3.54. The molecule has 2 unspecified atom stereocenters. The molecule has 2 atom stereocenters. The summed E-state index contributed by atoms with van der Waals surface area (Å²) in [7, 11) is 0. The van der Waals surface area contributed by atoms with Crippen LogP contribution < -0.4 is 0 Å². The Balaban J connectivity index is 2.14. The quantitative estimate of drug-likeness (QED) is 0.0609. The molecular weight excluding hydrogens is 550 g/mol. The smallest absolute Gasteiger partial charge is 0.305 e. The third-order valence-corrected chi connectivity index (χ3v) is 8.75. The highest BCUT2D eigenvalue weighted by atomic mass is 16.5. The fourth-order valence-corrected chi connectivity index (χ4v) is 5.63. The number of carbonyl (C=O) groups is 2. The molecule has 1 aromatic heterocycles. The highest BCUT2D eigenvalue weighted by Crippen LogP contribution is 2.16. The van der Waals surface area contributed by atoms with Gasteiger partial charge in [0, 0.05) is 31.8 Å². The van der Waals surface area contributed by atoms with E-state index in [1.807, 2.05) is 18.7 Å². The predicted octanol–water partition coefficient (Wildman–Crippen LogP) is 9.39. The molecule has 0 bridgehead atoms. The number of esters is 2. The molecule has 0 aliphatic carbocycles. The lowest BCUT2D eigenvalue weighted by molar-refractivity contribution is -0.145. The van der Waals surface area contributed by atoms with Crippen LogP contribution in [0.5, 0.6) is 0 Å².